The summed E-state index contributed by atoms with van der Waals surface area (Å²) in [6.07, 6.45) is 5.93. The molecule has 1 saturated carbocycles. The summed E-state index contributed by atoms with van der Waals surface area (Å²) in [6.45, 7) is 2.39. The first-order chi connectivity index (χ1) is 16.2. The van der Waals surface area contributed by atoms with Crippen LogP contribution in [0.25, 0.3) is 0 Å². The maximum Gasteiger partial charge on any atom is 0.253 e. The Hall–Kier alpha value is -3.27. The van der Waals surface area contributed by atoms with E-state index in [9.17, 15) is 9.59 Å². The van der Waals surface area contributed by atoms with Crippen molar-refractivity contribution < 1.29 is 14.0 Å². The zero-order valence-corrected chi connectivity index (χ0v) is 19.0. The van der Waals surface area contributed by atoms with Crippen LogP contribution in [0.3, 0.4) is 0 Å². The lowest BCUT2D eigenvalue weighted by Crippen LogP contribution is -2.27. The molecule has 1 aliphatic carbocycles. The van der Waals surface area contributed by atoms with E-state index in [-0.39, 0.29) is 23.6 Å². The average molecular weight is 467 g/mol. The van der Waals surface area contributed by atoms with Crippen LogP contribution in [0.2, 0.25) is 0 Å². The molecule has 0 bridgehead atoms. The van der Waals surface area contributed by atoms with Crippen molar-refractivity contribution in [1.29, 1.82) is 0 Å². The second kappa shape index (κ2) is 9.70. The van der Waals surface area contributed by atoms with Gasteiger partial charge in [-0.15, -0.1) is 10.2 Å². The number of aromatic nitrogens is 3. The Balaban J connectivity index is 1.26. The fourth-order valence-electron chi connectivity index (χ4n) is 3.83. The third kappa shape index (κ3) is 5.22. The molecular formula is C23H26N6O3S. The quantitative estimate of drug-likeness (QED) is 0.467. The standard InChI is InChI=1S/C23H26N6O3S/c30-20(25-19-8-2-1-7-18(19)21(31)24-16-9-10-16)15-33-23-27-26-22(28-11-3-4-12-28)29(23)14-17-6-5-13-32-17/h1-2,5-8,13,16H,3-4,9-12,14-15H2,(H,24,31)(H,25,30). The van der Waals surface area contributed by atoms with Gasteiger partial charge in [0.05, 0.1) is 29.8 Å². The van der Waals surface area contributed by atoms with Crippen LogP contribution in [-0.4, -0.2) is 51.5 Å². The van der Waals surface area contributed by atoms with Crippen molar-refractivity contribution >= 4 is 35.2 Å². The third-order valence-electron chi connectivity index (χ3n) is 5.67. The summed E-state index contributed by atoms with van der Waals surface area (Å²) in [4.78, 5) is 27.5. The molecule has 2 amide bonds. The van der Waals surface area contributed by atoms with E-state index in [1.54, 1.807) is 30.5 Å². The molecule has 5 rings (SSSR count). The van der Waals surface area contributed by atoms with Gasteiger partial charge >= 0.3 is 0 Å². The van der Waals surface area contributed by atoms with E-state index < -0.39 is 0 Å². The number of anilines is 2. The Labute approximate surface area is 195 Å². The average Bonchev–Trinajstić information content (AvgIpc) is 3.22. The number of nitrogens with one attached hydrogen (secondary N) is 2. The van der Waals surface area contributed by atoms with Gasteiger partial charge in [0.15, 0.2) is 5.16 Å². The van der Waals surface area contributed by atoms with Gasteiger partial charge < -0.3 is 20.0 Å². The topological polar surface area (TPSA) is 105 Å². The van der Waals surface area contributed by atoms with Crippen LogP contribution in [-0.2, 0) is 11.3 Å². The number of hydrogen-bond acceptors (Lipinski definition) is 7. The van der Waals surface area contributed by atoms with Gasteiger partial charge in [0.1, 0.15) is 5.76 Å². The van der Waals surface area contributed by atoms with E-state index in [0.717, 1.165) is 50.5 Å². The summed E-state index contributed by atoms with van der Waals surface area (Å²) < 4.78 is 7.53. The van der Waals surface area contributed by atoms with Crippen LogP contribution in [0.15, 0.2) is 52.2 Å². The molecule has 33 heavy (non-hydrogen) atoms. The highest BCUT2D eigenvalue weighted by molar-refractivity contribution is 7.99. The highest BCUT2D eigenvalue weighted by Gasteiger charge is 2.25. The Kier molecular flexibility index (Phi) is 6.34. The van der Waals surface area contributed by atoms with Crippen LogP contribution in [0, 0.1) is 0 Å². The van der Waals surface area contributed by atoms with Crippen LogP contribution < -0.4 is 15.5 Å². The lowest BCUT2D eigenvalue weighted by atomic mass is 10.1. The van der Waals surface area contributed by atoms with Crippen LogP contribution in [0.1, 0.15) is 41.8 Å². The first-order valence-corrected chi connectivity index (χ1v) is 12.2. The summed E-state index contributed by atoms with van der Waals surface area (Å²) in [7, 11) is 0. The number of carbonyl (C=O) groups excluding carboxylic acids is 2. The summed E-state index contributed by atoms with van der Waals surface area (Å²) in [6, 6.07) is 11.1. The second-order valence-corrected chi connectivity index (χ2v) is 9.21. The van der Waals surface area contributed by atoms with Gasteiger partial charge in [-0.1, -0.05) is 23.9 Å². The molecule has 172 valence electrons. The maximum atomic E-state index is 12.7. The smallest absolute Gasteiger partial charge is 0.253 e. The molecule has 0 atom stereocenters. The summed E-state index contributed by atoms with van der Waals surface area (Å²) in [5.74, 6) is 1.39. The lowest BCUT2D eigenvalue weighted by molar-refractivity contribution is -0.113. The van der Waals surface area contributed by atoms with Crippen LogP contribution in [0.4, 0.5) is 11.6 Å². The molecule has 1 aliphatic heterocycles. The highest BCUT2D eigenvalue weighted by Crippen LogP contribution is 2.26. The van der Waals surface area contributed by atoms with Crippen molar-refractivity contribution in [3.63, 3.8) is 0 Å². The molecule has 1 aromatic carbocycles. The predicted octanol–water partition coefficient (Wildman–Crippen LogP) is 3.14. The number of hydrogen-bond donors (Lipinski definition) is 2. The molecule has 3 aromatic rings. The van der Waals surface area contributed by atoms with Gasteiger partial charge in [0.2, 0.25) is 11.9 Å². The molecule has 2 aliphatic rings. The molecule has 3 heterocycles. The van der Waals surface area contributed by atoms with Gasteiger partial charge in [-0.05, 0) is 49.9 Å². The number of thioether (sulfide) groups is 1. The van der Waals surface area contributed by atoms with E-state index in [1.807, 2.05) is 16.7 Å². The van der Waals surface area contributed by atoms with Crippen molar-refractivity contribution in [1.82, 2.24) is 20.1 Å². The molecule has 2 aromatic heterocycles. The predicted molar refractivity (Wildman–Crippen MR) is 126 cm³/mol. The maximum absolute atomic E-state index is 12.7. The molecule has 2 N–H and O–H groups in total. The molecule has 9 nitrogen and oxygen atoms in total. The molecule has 0 spiro atoms. The van der Waals surface area contributed by atoms with Crippen molar-refractivity contribution in [2.75, 3.05) is 29.1 Å². The van der Waals surface area contributed by atoms with E-state index in [1.165, 1.54) is 11.8 Å². The monoisotopic (exact) mass is 466 g/mol. The van der Waals surface area contributed by atoms with E-state index in [4.69, 9.17) is 4.42 Å². The highest BCUT2D eigenvalue weighted by atomic mass is 32.2. The molecule has 1 saturated heterocycles. The van der Waals surface area contributed by atoms with Gasteiger partial charge in [-0.2, -0.15) is 0 Å². The van der Waals surface area contributed by atoms with E-state index >= 15 is 0 Å². The summed E-state index contributed by atoms with van der Waals surface area (Å²) in [5.41, 5.74) is 0.983. The van der Waals surface area contributed by atoms with Gasteiger partial charge in [-0.25, -0.2) is 0 Å². The molecule has 0 unspecified atom stereocenters. The minimum Gasteiger partial charge on any atom is -0.467 e. The number of nitrogens with zero attached hydrogens (tertiary/aromatic N) is 4. The van der Waals surface area contributed by atoms with Gasteiger partial charge in [0.25, 0.3) is 5.91 Å². The largest absolute Gasteiger partial charge is 0.467 e. The normalized spacial score (nSPS) is 15.6. The first-order valence-electron chi connectivity index (χ1n) is 11.2. The number of carbonyl (C=O) groups is 2. The number of benzene rings is 1. The van der Waals surface area contributed by atoms with Gasteiger partial charge in [0, 0.05) is 19.1 Å². The summed E-state index contributed by atoms with van der Waals surface area (Å²) in [5, 5.41) is 15.3. The minimum absolute atomic E-state index is 0.148. The van der Waals surface area contributed by atoms with Crippen LogP contribution >= 0.6 is 11.8 Å². The molecule has 10 heteroatoms. The summed E-state index contributed by atoms with van der Waals surface area (Å²) >= 11 is 1.32. The Morgan fingerprint density at radius 2 is 1.91 bits per heavy atom. The first kappa shape index (κ1) is 21.6. The second-order valence-electron chi connectivity index (χ2n) is 8.27. The zero-order valence-electron chi connectivity index (χ0n) is 18.2. The van der Waals surface area contributed by atoms with Crippen molar-refractivity contribution in [3.8, 4) is 0 Å². The van der Waals surface area contributed by atoms with Crippen molar-refractivity contribution in [2.24, 2.45) is 0 Å². The number of amides is 2. The van der Waals surface area contributed by atoms with Gasteiger partial charge in [-0.3, -0.25) is 14.2 Å². The van der Waals surface area contributed by atoms with Crippen LogP contribution in [0.5, 0.6) is 0 Å². The van der Waals surface area contributed by atoms with E-state index in [0.29, 0.717) is 23.0 Å². The van der Waals surface area contributed by atoms with E-state index in [2.05, 4.69) is 25.7 Å². The molecule has 0 radical (unpaired) electrons. The Bertz CT molecular complexity index is 1120. The minimum atomic E-state index is -0.207. The molecule has 2 fully saturated rings. The zero-order chi connectivity index (χ0) is 22.6. The fraction of sp³-hybridized carbons (Fsp3) is 0.391. The third-order valence-corrected chi connectivity index (χ3v) is 6.64. The van der Waals surface area contributed by atoms with Crippen molar-refractivity contribution in [3.05, 3.63) is 54.0 Å². The Morgan fingerprint density at radius 1 is 1.09 bits per heavy atom. The number of furan rings is 1. The molecular weight excluding hydrogens is 440 g/mol. The number of para-hydroxylation sites is 1. The lowest BCUT2D eigenvalue weighted by Gasteiger charge is -2.17. The van der Waals surface area contributed by atoms with Crippen molar-refractivity contribution in [2.45, 2.75) is 43.4 Å². The fourth-order valence-corrected chi connectivity index (χ4v) is 4.57. The Morgan fingerprint density at radius 3 is 2.67 bits per heavy atom. The SMILES string of the molecule is O=C(CSc1nnc(N2CCCC2)n1Cc1ccco1)Nc1ccccc1C(=O)NC1CC1. The number of rotatable bonds is 9.